The van der Waals surface area contributed by atoms with Gasteiger partial charge in [-0.15, -0.1) is 24.0 Å². The molecule has 0 fully saturated rings. The van der Waals surface area contributed by atoms with E-state index in [4.69, 9.17) is 9.47 Å². The van der Waals surface area contributed by atoms with E-state index in [1.807, 2.05) is 49.4 Å². The van der Waals surface area contributed by atoms with Crippen LogP contribution in [0.2, 0.25) is 0 Å². The lowest BCUT2D eigenvalue weighted by Gasteiger charge is -2.21. The van der Waals surface area contributed by atoms with Crippen LogP contribution in [0.15, 0.2) is 53.7 Å². The van der Waals surface area contributed by atoms with E-state index in [0.717, 1.165) is 36.7 Å². The highest BCUT2D eigenvalue weighted by Gasteiger charge is 2.13. The molecule has 0 saturated heterocycles. The second-order valence-corrected chi connectivity index (χ2v) is 7.16. The van der Waals surface area contributed by atoms with E-state index >= 15 is 0 Å². The lowest BCUT2D eigenvalue weighted by molar-refractivity contribution is 0.0258. The van der Waals surface area contributed by atoms with Crippen LogP contribution in [0.5, 0.6) is 5.88 Å². The summed E-state index contributed by atoms with van der Waals surface area (Å²) in [6, 6.07) is 14.0. The number of nitrogens with one attached hydrogen (secondary N) is 2. The molecule has 1 unspecified atom stereocenters. The number of pyridine rings is 1. The van der Waals surface area contributed by atoms with Crippen molar-refractivity contribution >= 4 is 29.9 Å². The Morgan fingerprint density at radius 3 is 2.53 bits per heavy atom. The SMILES string of the molecule is CCOC(CCNC(=NC)NCc1ccnc(OCc2ccccc2)c1)C(C)C.I. The number of aliphatic imine (C=N–C) groups is 1. The van der Waals surface area contributed by atoms with Crippen molar-refractivity contribution in [1.82, 2.24) is 15.6 Å². The highest BCUT2D eigenvalue weighted by Crippen LogP contribution is 2.12. The minimum absolute atomic E-state index is 0. The molecule has 2 aromatic rings. The molecular weight excluding hydrogens is 491 g/mol. The van der Waals surface area contributed by atoms with Crippen LogP contribution in [0.3, 0.4) is 0 Å². The second kappa shape index (κ2) is 15.0. The lowest BCUT2D eigenvalue weighted by atomic mass is 10.0. The van der Waals surface area contributed by atoms with E-state index in [-0.39, 0.29) is 30.1 Å². The highest BCUT2D eigenvalue weighted by atomic mass is 127. The molecule has 1 atom stereocenters. The van der Waals surface area contributed by atoms with Gasteiger partial charge < -0.3 is 20.1 Å². The molecule has 0 aliphatic heterocycles. The van der Waals surface area contributed by atoms with Gasteiger partial charge in [-0.05, 0) is 36.5 Å². The highest BCUT2D eigenvalue weighted by molar-refractivity contribution is 14.0. The summed E-state index contributed by atoms with van der Waals surface area (Å²) in [6.45, 7) is 9.11. The number of aromatic nitrogens is 1. The second-order valence-electron chi connectivity index (χ2n) is 7.16. The van der Waals surface area contributed by atoms with Crippen molar-refractivity contribution in [3.8, 4) is 5.88 Å². The molecule has 0 radical (unpaired) electrons. The Kier molecular flexibility index (Phi) is 13.1. The Labute approximate surface area is 197 Å². The third-order valence-corrected chi connectivity index (χ3v) is 4.56. The third-order valence-electron chi connectivity index (χ3n) is 4.56. The quantitative estimate of drug-likeness (QED) is 0.258. The number of hydrogen-bond acceptors (Lipinski definition) is 4. The van der Waals surface area contributed by atoms with Crippen molar-refractivity contribution in [2.24, 2.45) is 10.9 Å². The predicted octanol–water partition coefficient (Wildman–Crippen LogP) is 4.39. The number of ether oxygens (including phenoxy) is 2. The minimum atomic E-state index is 0. The van der Waals surface area contributed by atoms with Gasteiger partial charge in [0.2, 0.25) is 5.88 Å². The Hall–Kier alpha value is -1.87. The molecule has 1 aromatic carbocycles. The summed E-state index contributed by atoms with van der Waals surface area (Å²) in [5.41, 5.74) is 2.20. The predicted molar refractivity (Wildman–Crippen MR) is 133 cm³/mol. The minimum Gasteiger partial charge on any atom is -0.473 e. The molecule has 0 saturated carbocycles. The van der Waals surface area contributed by atoms with Gasteiger partial charge in [0.25, 0.3) is 0 Å². The molecule has 0 aliphatic rings. The Morgan fingerprint density at radius 2 is 1.87 bits per heavy atom. The molecule has 7 heteroatoms. The van der Waals surface area contributed by atoms with E-state index in [9.17, 15) is 0 Å². The van der Waals surface area contributed by atoms with Gasteiger partial charge in [-0.1, -0.05) is 44.2 Å². The standard InChI is InChI=1S/C23H34N4O2.HI/c1-5-28-21(18(2)3)12-14-26-23(24-4)27-16-20-11-13-25-22(15-20)29-17-19-9-7-6-8-10-19;/h6-11,13,15,18,21H,5,12,14,16-17H2,1-4H3,(H2,24,26,27);1H. The van der Waals surface area contributed by atoms with Crippen molar-refractivity contribution in [2.75, 3.05) is 20.2 Å². The number of hydrogen-bond donors (Lipinski definition) is 2. The van der Waals surface area contributed by atoms with Crippen LogP contribution in [0, 0.1) is 5.92 Å². The van der Waals surface area contributed by atoms with Gasteiger partial charge in [-0.2, -0.15) is 0 Å². The number of rotatable bonds is 11. The monoisotopic (exact) mass is 526 g/mol. The molecular formula is C23H35IN4O2. The van der Waals surface area contributed by atoms with Crippen LogP contribution in [-0.2, 0) is 17.9 Å². The van der Waals surface area contributed by atoms with Gasteiger partial charge in [-0.3, -0.25) is 4.99 Å². The van der Waals surface area contributed by atoms with E-state index in [1.165, 1.54) is 0 Å². The summed E-state index contributed by atoms with van der Waals surface area (Å²) in [5, 5.41) is 6.69. The van der Waals surface area contributed by atoms with Gasteiger partial charge >= 0.3 is 0 Å². The van der Waals surface area contributed by atoms with Crippen molar-refractivity contribution in [2.45, 2.75) is 46.4 Å². The van der Waals surface area contributed by atoms with Crippen LogP contribution < -0.4 is 15.4 Å². The summed E-state index contributed by atoms with van der Waals surface area (Å²) in [6.07, 6.45) is 2.97. The molecule has 0 amide bonds. The average Bonchev–Trinajstić information content (AvgIpc) is 2.74. The molecule has 6 nitrogen and oxygen atoms in total. The van der Waals surface area contributed by atoms with E-state index in [0.29, 0.717) is 24.9 Å². The molecule has 30 heavy (non-hydrogen) atoms. The molecule has 2 N–H and O–H groups in total. The van der Waals surface area contributed by atoms with Crippen molar-refractivity contribution in [3.05, 3.63) is 59.8 Å². The number of halogens is 1. The first-order valence-electron chi connectivity index (χ1n) is 10.3. The fourth-order valence-electron chi connectivity index (χ4n) is 2.93. The summed E-state index contributed by atoms with van der Waals surface area (Å²) in [5.74, 6) is 1.89. The molecule has 0 aliphatic carbocycles. The van der Waals surface area contributed by atoms with Gasteiger partial charge in [0, 0.05) is 39.0 Å². The maximum absolute atomic E-state index is 5.80. The zero-order valence-corrected chi connectivity index (χ0v) is 20.8. The van der Waals surface area contributed by atoms with E-state index in [1.54, 1.807) is 13.2 Å². The Bertz CT molecular complexity index is 741. The van der Waals surface area contributed by atoms with Crippen LogP contribution in [-0.4, -0.2) is 37.2 Å². The normalized spacial score (nSPS) is 12.2. The van der Waals surface area contributed by atoms with Crippen molar-refractivity contribution in [3.63, 3.8) is 0 Å². The fourth-order valence-corrected chi connectivity index (χ4v) is 2.93. The van der Waals surface area contributed by atoms with E-state index < -0.39 is 0 Å². The van der Waals surface area contributed by atoms with Crippen LogP contribution in [0.4, 0.5) is 0 Å². The fraction of sp³-hybridized carbons (Fsp3) is 0.478. The van der Waals surface area contributed by atoms with Crippen LogP contribution >= 0.6 is 24.0 Å². The largest absolute Gasteiger partial charge is 0.473 e. The first-order chi connectivity index (χ1) is 14.1. The molecule has 0 spiro atoms. The smallest absolute Gasteiger partial charge is 0.213 e. The number of benzene rings is 1. The van der Waals surface area contributed by atoms with Gasteiger partial charge in [-0.25, -0.2) is 4.98 Å². The maximum Gasteiger partial charge on any atom is 0.213 e. The first kappa shape index (κ1) is 26.2. The number of nitrogens with zero attached hydrogens (tertiary/aromatic N) is 2. The average molecular weight is 526 g/mol. The molecule has 166 valence electrons. The van der Waals surface area contributed by atoms with Crippen LogP contribution in [0.25, 0.3) is 0 Å². The van der Waals surface area contributed by atoms with Gasteiger partial charge in [0.1, 0.15) is 6.61 Å². The molecule has 1 heterocycles. The summed E-state index contributed by atoms with van der Waals surface area (Å²) in [4.78, 5) is 8.59. The molecule has 1 aromatic heterocycles. The zero-order chi connectivity index (χ0) is 20.9. The molecule has 0 bridgehead atoms. The van der Waals surface area contributed by atoms with Crippen LogP contribution in [0.1, 0.15) is 38.3 Å². The number of guanidine groups is 1. The topological polar surface area (TPSA) is 67.8 Å². The first-order valence-corrected chi connectivity index (χ1v) is 10.3. The Balaban J connectivity index is 0.00000450. The maximum atomic E-state index is 5.80. The zero-order valence-electron chi connectivity index (χ0n) is 18.4. The van der Waals surface area contributed by atoms with Crippen molar-refractivity contribution in [1.29, 1.82) is 0 Å². The molecule has 2 rings (SSSR count). The summed E-state index contributed by atoms with van der Waals surface area (Å²) >= 11 is 0. The summed E-state index contributed by atoms with van der Waals surface area (Å²) in [7, 11) is 1.78. The van der Waals surface area contributed by atoms with E-state index in [2.05, 4.69) is 34.5 Å². The Morgan fingerprint density at radius 1 is 1.10 bits per heavy atom. The van der Waals surface area contributed by atoms with Crippen molar-refractivity contribution < 1.29 is 9.47 Å². The van der Waals surface area contributed by atoms with Gasteiger partial charge in [0.05, 0.1) is 6.10 Å². The third kappa shape index (κ3) is 9.75. The summed E-state index contributed by atoms with van der Waals surface area (Å²) < 4.78 is 11.6. The lowest BCUT2D eigenvalue weighted by Crippen LogP contribution is -2.38. The van der Waals surface area contributed by atoms with Gasteiger partial charge in [0.15, 0.2) is 5.96 Å².